The van der Waals surface area contributed by atoms with Gasteiger partial charge in [0.1, 0.15) is 5.82 Å². The quantitative estimate of drug-likeness (QED) is 0.847. The fraction of sp³-hybridized carbons (Fsp3) is 0.722. The first-order chi connectivity index (χ1) is 12.3. The highest BCUT2D eigenvalue weighted by Crippen LogP contribution is 2.32. The van der Waals surface area contributed by atoms with Crippen LogP contribution < -0.4 is 10.5 Å². The van der Waals surface area contributed by atoms with Gasteiger partial charge >= 0.3 is 0 Å². The molecule has 0 N–H and O–H groups in total. The van der Waals surface area contributed by atoms with E-state index in [1.54, 1.807) is 6.20 Å². The third kappa shape index (κ3) is 2.74. The summed E-state index contributed by atoms with van der Waals surface area (Å²) in [6.07, 6.45) is 8.42. The lowest BCUT2D eigenvalue weighted by Gasteiger charge is -2.23. The lowest BCUT2D eigenvalue weighted by Crippen LogP contribution is -2.33. The average molecular weight is 343 g/mol. The number of ether oxygens (including phenoxy) is 1. The summed E-state index contributed by atoms with van der Waals surface area (Å²) in [6, 6.07) is 0. The Labute approximate surface area is 146 Å². The molecule has 7 heteroatoms. The molecule has 2 aromatic rings. The van der Waals surface area contributed by atoms with Gasteiger partial charge in [0.15, 0.2) is 5.52 Å². The summed E-state index contributed by atoms with van der Waals surface area (Å²) in [5, 5.41) is 4.94. The molecule has 1 saturated carbocycles. The van der Waals surface area contributed by atoms with E-state index in [1.165, 1.54) is 25.7 Å². The minimum absolute atomic E-state index is 0.0645. The van der Waals surface area contributed by atoms with E-state index in [2.05, 4.69) is 9.88 Å². The summed E-state index contributed by atoms with van der Waals surface area (Å²) in [5.74, 6) is 2.73. The maximum Gasteiger partial charge on any atom is 0.280 e. The SMILES string of the molecule is O=c1c2cnc(C3CCOCC3)n2nc(N2CCCC2)n1CC1CC1. The van der Waals surface area contributed by atoms with Crippen molar-refractivity contribution in [2.24, 2.45) is 5.92 Å². The Hall–Kier alpha value is -1.89. The van der Waals surface area contributed by atoms with Crippen molar-refractivity contribution in [3.05, 3.63) is 22.4 Å². The van der Waals surface area contributed by atoms with Gasteiger partial charge in [-0.15, -0.1) is 5.10 Å². The molecule has 1 aliphatic carbocycles. The maximum atomic E-state index is 13.2. The fourth-order valence-electron chi connectivity index (χ4n) is 4.09. The molecule has 0 unspecified atom stereocenters. The number of rotatable bonds is 4. The van der Waals surface area contributed by atoms with Crippen molar-refractivity contribution in [1.29, 1.82) is 0 Å². The Morgan fingerprint density at radius 2 is 1.88 bits per heavy atom. The van der Waals surface area contributed by atoms with Crippen LogP contribution in [0, 0.1) is 5.92 Å². The molecule has 0 atom stereocenters. The molecule has 2 aliphatic heterocycles. The van der Waals surface area contributed by atoms with Crippen LogP contribution in [-0.2, 0) is 11.3 Å². The van der Waals surface area contributed by atoms with Gasteiger partial charge < -0.3 is 9.64 Å². The van der Waals surface area contributed by atoms with Crippen molar-refractivity contribution >= 4 is 11.5 Å². The number of hydrogen-bond acceptors (Lipinski definition) is 5. The van der Waals surface area contributed by atoms with Crippen molar-refractivity contribution in [2.75, 3.05) is 31.2 Å². The van der Waals surface area contributed by atoms with Crippen LogP contribution in [0.2, 0.25) is 0 Å². The Balaban J connectivity index is 1.63. The van der Waals surface area contributed by atoms with Crippen LogP contribution in [0.5, 0.6) is 0 Å². The highest BCUT2D eigenvalue weighted by Gasteiger charge is 2.29. The van der Waals surface area contributed by atoms with E-state index < -0.39 is 0 Å². The molecule has 2 saturated heterocycles. The first-order valence-electron chi connectivity index (χ1n) is 9.62. The van der Waals surface area contributed by atoms with Gasteiger partial charge in [0.05, 0.1) is 6.20 Å². The number of hydrogen-bond donors (Lipinski definition) is 0. The summed E-state index contributed by atoms with van der Waals surface area (Å²) >= 11 is 0. The Morgan fingerprint density at radius 1 is 1.12 bits per heavy atom. The van der Waals surface area contributed by atoms with Gasteiger partial charge in [-0.25, -0.2) is 9.50 Å². The molecule has 0 amide bonds. The first-order valence-corrected chi connectivity index (χ1v) is 9.62. The smallest absolute Gasteiger partial charge is 0.280 e. The zero-order valence-electron chi connectivity index (χ0n) is 14.6. The molecule has 2 aromatic heterocycles. The van der Waals surface area contributed by atoms with E-state index in [1.807, 2.05) is 9.08 Å². The lowest BCUT2D eigenvalue weighted by molar-refractivity contribution is 0.0832. The molecule has 5 rings (SSSR count). The summed E-state index contributed by atoms with van der Waals surface area (Å²) in [7, 11) is 0. The number of imidazole rings is 1. The van der Waals surface area contributed by atoms with E-state index in [4.69, 9.17) is 9.84 Å². The molecule has 0 spiro atoms. The van der Waals surface area contributed by atoms with Crippen LogP contribution in [0.3, 0.4) is 0 Å². The molecule has 134 valence electrons. The molecule has 3 aliphatic rings. The zero-order valence-corrected chi connectivity index (χ0v) is 14.6. The number of fused-ring (bicyclic) bond motifs is 1. The van der Waals surface area contributed by atoms with E-state index in [-0.39, 0.29) is 5.56 Å². The highest BCUT2D eigenvalue weighted by molar-refractivity contribution is 5.47. The third-order valence-electron chi connectivity index (χ3n) is 5.77. The highest BCUT2D eigenvalue weighted by atomic mass is 16.5. The van der Waals surface area contributed by atoms with Crippen molar-refractivity contribution in [3.8, 4) is 0 Å². The molecule has 7 nitrogen and oxygen atoms in total. The zero-order chi connectivity index (χ0) is 16.8. The van der Waals surface area contributed by atoms with Gasteiger partial charge in [0.25, 0.3) is 5.56 Å². The number of nitrogens with zero attached hydrogens (tertiary/aromatic N) is 5. The van der Waals surface area contributed by atoms with Gasteiger partial charge in [0, 0.05) is 38.8 Å². The van der Waals surface area contributed by atoms with Gasteiger partial charge in [-0.1, -0.05) is 0 Å². The first kappa shape index (κ1) is 15.4. The Kier molecular flexibility index (Phi) is 3.77. The molecule has 0 bridgehead atoms. The van der Waals surface area contributed by atoms with E-state index >= 15 is 0 Å². The molecular formula is C18H25N5O2. The monoisotopic (exact) mass is 343 g/mol. The number of aromatic nitrogens is 4. The summed E-state index contributed by atoms with van der Waals surface area (Å²) in [4.78, 5) is 20.0. The number of anilines is 1. The van der Waals surface area contributed by atoms with E-state index in [9.17, 15) is 4.79 Å². The summed E-state index contributed by atoms with van der Waals surface area (Å²) < 4.78 is 9.22. The normalized spacial score (nSPS) is 22.2. The van der Waals surface area contributed by atoms with Crippen LogP contribution in [0.25, 0.3) is 5.52 Å². The van der Waals surface area contributed by atoms with E-state index in [0.717, 1.165) is 57.5 Å². The van der Waals surface area contributed by atoms with Gasteiger partial charge in [-0.3, -0.25) is 9.36 Å². The molecule has 3 fully saturated rings. The van der Waals surface area contributed by atoms with E-state index in [0.29, 0.717) is 17.4 Å². The maximum absolute atomic E-state index is 13.2. The van der Waals surface area contributed by atoms with Crippen molar-refractivity contribution < 1.29 is 4.74 Å². The second-order valence-electron chi connectivity index (χ2n) is 7.65. The van der Waals surface area contributed by atoms with Crippen molar-refractivity contribution in [3.63, 3.8) is 0 Å². The van der Waals surface area contributed by atoms with Crippen LogP contribution in [0.4, 0.5) is 5.95 Å². The fourth-order valence-corrected chi connectivity index (χ4v) is 4.09. The van der Waals surface area contributed by atoms with Gasteiger partial charge in [0.2, 0.25) is 5.95 Å². The van der Waals surface area contributed by atoms with Crippen molar-refractivity contribution in [1.82, 2.24) is 19.2 Å². The van der Waals surface area contributed by atoms with Crippen LogP contribution >= 0.6 is 0 Å². The second-order valence-corrected chi connectivity index (χ2v) is 7.65. The molecular weight excluding hydrogens is 318 g/mol. The summed E-state index contributed by atoms with van der Waals surface area (Å²) in [5.41, 5.74) is 0.680. The minimum Gasteiger partial charge on any atom is -0.381 e. The van der Waals surface area contributed by atoms with Crippen LogP contribution in [0.1, 0.15) is 50.3 Å². The molecule has 4 heterocycles. The average Bonchev–Trinajstić information content (AvgIpc) is 3.11. The topological polar surface area (TPSA) is 64.7 Å². The predicted octanol–water partition coefficient (Wildman–Crippen LogP) is 1.80. The predicted molar refractivity (Wildman–Crippen MR) is 94.2 cm³/mol. The van der Waals surface area contributed by atoms with Crippen molar-refractivity contribution in [2.45, 2.75) is 51.0 Å². The molecule has 0 aromatic carbocycles. The standard InChI is InChI=1S/C18H25N5O2/c24-17-15-11-19-16(14-5-9-25-10-6-14)23(15)20-18(21-7-1-2-8-21)22(17)12-13-3-4-13/h11,13-14H,1-10,12H2. The van der Waals surface area contributed by atoms with Gasteiger partial charge in [-0.05, 0) is 44.4 Å². The minimum atomic E-state index is 0.0645. The summed E-state index contributed by atoms with van der Waals surface area (Å²) in [6.45, 7) is 4.30. The Morgan fingerprint density at radius 3 is 2.60 bits per heavy atom. The molecule has 0 radical (unpaired) electrons. The lowest BCUT2D eigenvalue weighted by atomic mass is 10.00. The largest absolute Gasteiger partial charge is 0.381 e. The molecule has 25 heavy (non-hydrogen) atoms. The van der Waals surface area contributed by atoms with Crippen LogP contribution in [0.15, 0.2) is 11.0 Å². The second kappa shape index (κ2) is 6.12. The Bertz CT molecular complexity index is 826. The third-order valence-corrected chi connectivity index (χ3v) is 5.77. The van der Waals surface area contributed by atoms with Crippen LogP contribution in [-0.4, -0.2) is 45.5 Å². The van der Waals surface area contributed by atoms with Gasteiger partial charge in [-0.2, -0.15) is 0 Å².